The third-order valence-electron chi connectivity index (χ3n) is 7.52. The number of hydrogen-bond donors (Lipinski definition) is 0. The molecule has 42 heavy (non-hydrogen) atoms. The number of fused-ring (bicyclic) bond motifs is 1. The molecule has 4 aromatic rings. The maximum atomic E-state index is 14.4. The molecule has 9 heteroatoms. The highest BCUT2D eigenvalue weighted by Gasteiger charge is 2.40. The quantitative estimate of drug-likeness (QED) is 0.238. The van der Waals surface area contributed by atoms with Gasteiger partial charge in [0.25, 0.3) is 0 Å². The summed E-state index contributed by atoms with van der Waals surface area (Å²) in [5.41, 5.74) is 5.22. The van der Waals surface area contributed by atoms with Crippen LogP contribution in [0.25, 0.3) is 11.8 Å². The number of hydrogen-bond acceptors (Lipinski definition) is 6. The van der Waals surface area contributed by atoms with Crippen molar-refractivity contribution in [2.24, 2.45) is 5.16 Å². The zero-order valence-corrected chi connectivity index (χ0v) is 23.5. The molecular weight excluding hydrogens is 538 g/mol. The molecule has 1 unspecified atom stereocenters. The molecule has 7 nitrogen and oxygen atoms in total. The van der Waals surface area contributed by atoms with E-state index in [-0.39, 0.29) is 6.61 Å². The van der Waals surface area contributed by atoms with Crippen LogP contribution in [0, 0.1) is 18.6 Å². The average Bonchev–Trinajstić information content (AvgIpc) is 3.43. The molecule has 2 atom stereocenters. The second-order valence-electron chi connectivity index (χ2n) is 10.5. The summed E-state index contributed by atoms with van der Waals surface area (Å²) in [4.78, 5) is 12.4. The van der Waals surface area contributed by atoms with Crippen LogP contribution in [0.4, 0.5) is 8.78 Å². The largest absolute Gasteiger partial charge is 0.495 e. The molecule has 216 valence electrons. The number of imidazole rings is 1. The van der Waals surface area contributed by atoms with Crippen molar-refractivity contribution in [1.82, 2.24) is 14.5 Å². The summed E-state index contributed by atoms with van der Waals surface area (Å²) in [6, 6.07) is 18.9. The lowest BCUT2D eigenvalue weighted by Crippen LogP contribution is -2.49. The number of benzene rings is 3. The van der Waals surface area contributed by atoms with Crippen LogP contribution in [0.1, 0.15) is 41.3 Å². The number of rotatable bonds is 8. The fraction of sp³-hybridized carbons (Fsp3) is 0.273. The minimum Gasteiger partial charge on any atom is -0.495 e. The zero-order chi connectivity index (χ0) is 29.1. The molecule has 1 aromatic heterocycles. The van der Waals surface area contributed by atoms with Crippen molar-refractivity contribution in [1.29, 1.82) is 0 Å². The summed E-state index contributed by atoms with van der Waals surface area (Å²) < 4.78 is 42.4. The van der Waals surface area contributed by atoms with Gasteiger partial charge in [-0.25, -0.2) is 13.8 Å². The standard InChI is InChI=1S/C33H32F2N4O3/c1-22-18-38(21-36-22)29-11-10-24(14-30(29)40-2)13-25-9-6-12-39-32(26-15-27(34)17-28(35)16-26)31(42-37-33(25)39)20-41-19-23-7-4-3-5-8-23/h3-5,7-8,10-11,13-18,21,31-32H,6,9,12,19-20H2,1-2H3/t31?,32-/m0/s1. The van der Waals surface area contributed by atoms with Crippen LogP contribution < -0.4 is 4.74 Å². The maximum absolute atomic E-state index is 14.4. The van der Waals surface area contributed by atoms with Crippen LogP contribution in [-0.2, 0) is 16.2 Å². The van der Waals surface area contributed by atoms with E-state index in [4.69, 9.17) is 14.3 Å². The van der Waals surface area contributed by atoms with Crippen molar-refractivity contribution < 1.29 is 23.1 Å². The molecule has 2 aliphatic heterocycles. The first-order valence-corrected chi connectivity index (χ1v) is 14.0. The van der Waals surface area contributed by atoms with E-state index in [0.717, 1.165) is 47.0 Å². The number of oxime groups is 1. The van der Waals surface area contributed by atoms with Crippen molar-refractivity contribution in [2.75, 3.05) is 20.3 Å². The Bertz CT molecular complexity index is 1600. The van der Waals surface area contributed by atoms with E-state index < -0.39 is 23.8 Å². The first-order chi connectivity index (χ1) is 20.5. The molecule has 0 aliphatic carbocycles. The Kier molecular flexibility index (Phi) is 8.01. The first-order valence-electron chi connectivity index (χ1n) is 14.0. The van der Waals surface area contributed by atoms with E-state index in [2.05, 4.69) is 21.1 Å². The summed E-state index contributed by atoms with van der Waals surface area (Å²) >= 11 is 0. The Labute approximate surface area is 243 Å². The molecule has 0 bridgehead atoms. The fourth-order valence-corrected chi connectivity index (χ4v) is 5.62. The second-order valence-corrected chi connectivity index (χ2v) is 10.5. The molecule has 0 radical (unpaired) electrons. The summed E-state index contributed by atoms with van der Waals surface area (Å²) in [6.07, 6.45) is 6.83. The minimum atomic E-state index is -0.633. The van der Waals surface area contributed by atoms with E-state index in [1.807, 2.05) is 66.2 Å². The predicted octanol–water partition coefficient (Wildman–Crippen LogP) is 6.62. The van der Waals surface area contributed by atoms with Crippen LogP contribution >= 0.6 is 0 Å². The van der Waals surface area contributed by atoms with Gasteiger partial charge in [0.2, 0.25) is 0 Å². The molecule has 0 saturated carbocycles. The summed E-state index contributed by atoms with van der Waals surface area (Å²) in [7, 11) is 1.64. The average molecular weight is 571 g/mol. The van der Waals surface area contributed by atoms with Gasteiger partial charge in [-0.05, 0) is 72.4 Å². The van der Waals surface area contributed by atoms with Gasteiger partial charge >= 0.3 is 0 Å². The number of amidine groups is 1. The Balaban J connectivity index is 1.30. The number of ether oxygens (including phenoxy) is 2. The summed E-state index contributed by atoms with van der Waals surface area (Å²) in [6.45, 7) is 3.20. The molecule has 0 N–H and O–H groups in total. The van der Waals surface area contributed by atoms with Gasteiger partial charge in [-0.2, -0.15) is 0 Å². The van der Waals surface area contributed by atoms with Gasteiger partial charge in [-0.15, -0.1) is 0 Å². The van der Waals surface area contributed by atoms with Crippen LogP contribution in [-0.4, -0.2) is 46.7 Å². The smallest absolute Gasteiger partial charge is 0.175 e. The van der Waals surface area contributed by atoms with E-state index >= 15 is 0 Å². The van der Waals surface area contributed by atoms with Gasteiger partial charge in [0, 0.05) is 18.8 Å². The summed E-state index contributed by atoms with van der Waals surface area (Å²) in [5.74, 6) is 0.0978. The van der Waals surface area contributed by atoms with Gasteiger partial charge in [-0.1, -0.05) is 41.6 Å². The Morgan fingerprint density at radius 1 is 1.05 bits per heavy atom. The normalized spacial score (nSPS) is 19.3. The van der Waals surface area contributed by atoms with Crippen molar-refractivity contribution in [3.05, 3.63) is 119 Å². The molecule has 1 saturated heterocycles. The Morgan fingerprint density at radius 3 is 2.60 bits per heavy atom. The second kappa shape index (κ2) is 12.2. The number of methoxy groups -OCH3 is 1. The fourth-order valence-electron chi connectivity index (χ4n) is 5.62. The number of aromatic nitrogens is 2. The molecule has 1 fully saturated rings. The van der Waals surface area contributed by atoms with Gasteiger partial charge < -0.3 is 23.8 Å². The molecule has 0 amide bonds. The number of piperidine rings is 1. The lowest BCUT2D eigenvalue weighted by atomic mass is 9.93. The van der Waals surface area contributed by atoms with Crippen molar-refractivity contribution in [3.8, 4) is 11.4 Å². The Morgan fingerprint density at radius 2 is 1.86 bits per heavy atom. The van der Waals surface area contributed by atoms with Crippen LogP contribution in [0.5, 0.6) is 5.75 Å². The third-order valence-corrected chi connectivity index (χ3v) is 7.52. The Hall–Kier alpha value is -4.50. The SMILES string of the molecule is COc1cc(C=C2CCCN3C2=NOC(COCc2ccccc2)[C@@H]3c2cc(F)cc(F)c2)ccc1-n1cnc(C)c1. The van der Waals surface area contributed by atoms with Gasteiger partial charge in [-0.3, -0.25) is 0 Å². The molecule has 3 aromatic carbocycles. The topological polar surface area (TPSA) is 61.1 Å². The molecule has 6 rings (SSSR count). The van der Waals surface area contributed by atoms with Crippen LogP contribution in [0.15, 0.2) is 90.0 Å². The number of nitrogens with zero attached hydrogens (tertiary/aromatic N) is 4. The lowest BCUT2D eigenvalue weighted by molar-refractivity contribution is -0.0716. The van der Waals surface area contributed by atoms with E-state index in [9.17, 15) is 8.78 Å². The maximum Gasteiger partial charge on any atom is 0.175 e. The van der Waals surface area contributed by atoms with Crippen LogP contribution in [0.3, 0.4) is 0 Å². The zero-order valence-electron chi connectivity index (χ0n) is 23.5. The molecule has 3 heterocycles. The third kappa shape index (κ3) is 5.92. The number of halogens is 2. The van der Waals surface area contributed by atoms with Crippen LogP contribution in [0.2, 0.25) is 0 Å². The summed E-state index contributed by atoms with van der Waals surface area (Å²) in [5, 5.41) is 4.53. The predicted molar refractivity (Wildman–Crippen MR) is 156 cm³/mol. The molecule has 0 spiro atoms. The van der Waals surface area contributed by atoms with Gasteiger partial charge in [0.05, 0.1) is 44.1 Å². The lowest BCUT2D eigenvalue weighted by Gasteiger charge is -2.44. The van der Waals surface area contributed by atoms with Crippen molar-refractivity contribution in [2.45, 2.75) is 38.5 Å². The highest BCUT2D eigenvalue weighted by molar-refractivity contribution is 6.03. The van der Waals surface area contributed by atoms with Crippen molar-refractivity contribution in [3.63, 3.8) is 0 Å². The highest BCUT2D eigenvalue weighted by Crippen LogP contribution is 2.37. The highest BCUT2D eigenvalue weighted by atomic mass is 19.1. The monoisotopic (exact) mass is 570 g/mol. The first kappa shape index (κ1) is 27.7. The molecular formula is C33H32F2N4O3. The van der Waals surface area contributed by atoms with E-state index in [0.29, 0.717) is 30.3 Å². The van der Waals surface area contributed by atoms with Gasteiger partial charge in [0.15, 0.2) is 11.9 Å². The van der Waals surface area contributed by atoms with Crippen molar-refractivity contribution >= 4 is 11.9 Å². The van der Waals surface area contributed by atoms with Gasteiger partial charge in [0.1, 0.15) is 17.4 Å². The molecule has 2 aliphatic rings. The van der Waals surface area contributed by atoms with E-state index in [1.165, 1.54) is 12.1 Å². The number of aryl methyl sites for hydroxylation is 1. The minimum absolute atomic E-state index is 0.205. The van der Waals surface area contributed by atoms with E-state index in [1.54, 1.807) is 13.4 Å².